The minimum atomic E-state index is -0.197. The molecule has 5 nitrogen and oxygen atoms in total. The summed E-state index contributed by atoms with van der Waals surface area (Å²) in [5, 5.41) is 2.95. The van der Waals surface area contributed by atoms with Gasteiger partial charge in [-0.3, -0.25) is 4.79 Å². The van der Waals surface area contributed by atoms with Gasteiger partial charge in [0.05, 0.1) is 16.6 Å². The summed E-state index contributed by atoms with van der Waals surface area (Å²) in [5.74, 6) is 1.07. The summed E-state index contributed by atoms with van der Waals surface area (Å²) in [4.78, 5) is 24.3. The predicted molar refractivity (Wildman–Crippen MR) is 103 cm³/mol. The van der Waals surface area contributed by atoms with Gasteiger partial charge < -0.3 is 10.2 Å². The van der Waals surface area contributed by atoms with Crippen LogP contribution in [0.3, 0.4) is 0 Å². The lowest BCUT2D eigenvalue weighted by Gasteiger charge is -2.20. The van der Waals surface area contributed by atoms with Gasteiger partial charge in [-0.1, -0.05) is 24.3 Å². The molecule has 1 N–H and O–H groups in total. The molecule has 0 saturated carbocycles. The average Bonchev–Trinajstić information content (AvgIpc) is 3.16. The summed E-state index contributed by atoms with van der Waals surface area (Å²) in [5.41, 5.74) is 2.18. The molecule has 1 fully saturated rings. The SMILES string of the molecule is O=C(Nc1nc2ccccc2nc1N1CCCC1)c1ccccc1Br. The van der Waals surface area contributed by atoms with Gasteiger partial charge in [0.1, 0.15) is 0 Å². The van der Waals surface area contributed by atoms with Crippen molar-refractivity contribution in [2.45, 2.75) is 12.8 Å². The molecule has 0 spiro atoms. The molecular weight excluding hydrogens is 380 g/mol. The molecule has 6 heteroatoms. The van der Waals surface area contributed by atoms with E-state index < -0.39 is 0 Å². The molecule has 0 unspecified atom stereocenters. The summed E-state index contributed by atoms with van der Waals surface area (Å²) >= 11 is 3.43. The number of carbonyl (C=O) groups is 1. The second-order valence-corrected chi connectivity index (χ2v) is 6.87. The maximum atomic E-state index is 12.7. The number of hydrogen-bond donors (Lipinski definition) is 1. The molecule has 1 aliphatic heterocycles. The molecule has 0 bridgehead atoms. The molecule has 25 heavy (non-hydrogen) atoms. The van der Waals surface area contributed by atoms with Crippen LogP contribution in [0.15, 0.2) is 53.0 Å². The standard InChI is InChI=1S/C19H17BrN4O/c20-14-8-2-1-7-13(14)19(25)23-17-18(24-11-5-6-12-24)22-16-10-4-3-9-15(16)21-17/h1-4,7-10H,5-6,11-12H2,(H,21,23,25). The van der Waals surface area contributed by atoms with E-state index in [-0.39, 0.29) is 5.91 Å². The third-order valence-electron chi connectivity index (χ3n) is 4.31. The number of rotatable bonds is 3. The minimum absolute atomic E-state index is 0.197. The number of nitrogens with one attached hydrogen (secondary N) is 1. The number of hydrogen-bond acceptors (Lipinski definition) is 4. The summed E-state index contributed by atoms with van der Waals surface area (Å²) in [6, 6.07) is 15.1. The van der Waals surface area contributed by atoms with Gasteiger partial charge in [-0.25, -0.2) is 9.97 Å². The Morgan fingerprint density at radius 1 is 0.960 bits per heavy atom. The number of benzene rings is 2. The van der Waals surface area contributed by atoms with Crippen LogP contribution in [0.2, 0.25) is 0 Å². The Balaban J connectivity index is 1.75. The van der Waals surface area contributed by atoms with Crippen molar-refractivity contribution in [3.8, 4) is 0 Å². The topological polar surface area (TPSA) is 58.1 Å². The van der Waals surface area contributed by atoms with E-state index in [1.807, 2.05) is 42.5 Å². The van der Waals surface area contributed by atoms with Crippen LogP contribution in [0, 0.1) is 0 Å². The van der Waals surface area contributed by atoms with Gasteiger partial charge in [0, 0.05) is 17.6 Å². The van der Waals surface area contributed by atoms with Crippen molar-refractivity contribution in [3.63, 3.8) is 0 Å². The Labute approximate surface area is 154 Å². The fourth-order valence-electron chi connectivity index (χ4n) is 3.04. The highest BCUT2D eigenvalue weighted by Gasteiger charge is 2.21. The predicted octanol–water partition coefficient (Wildman–Crippen LogP) is 4.24. The molecule has 1 amide bonds. The molecule has 2 aromatic carbocycles. The van der Waals surface area contributed by atoms with Crippen LogP contribution in [-0.4, -0.2) is 29.0 Å². The smallest absolute Gasteiger partial charge is 0.258 e. The fourth-order valence-corrected chi connectivity index (χ4v) is 3.51. The van der Waals surface area contributed by atoms with Crippen LogP contribution in [0.4, 0.5) is 11.6 Å². The van der Waals surface area contributed by atoms with Crippen LogP contribution < -0.4 is 10.2 Å². The van der Waals surface area contributed by atoms with E-state index in [2.05, 4.69) is 31.1 Å². The van der Waals surface area contributed by atoms with Crippen LogP contribution in [0.25, 0.3) is 11.0 Å². The number of para-hydroxylation sites is 2. The van der Waals surface area contributed by atoms with E-state index in [1.54, 1.807) is 6.07 Å². The van der Waals surface area contributed by atoms with Crippen LogP contribution in [0.1, 0.15) is 23.2 Å². The lowest BCUT2D eigenvalue weighted by atomic mass is 10.2. The van der Waals surface area contributed by atoms with Gasteiger partial charge in [-0.05, 0) is 53.0 Å². The third kappa shape index (κ3) is 3.22. The fraction of sp³-hybridized carbons (Fsp3) is 0.211. The Morgan fingerprint density at radius 3 is 2.32 bits per heavy atom. The zero-order valence-electron chi connectivity index (χ0n) is 13.6. The lowest BCUT2D eigenvalue weighted by Crippen LogP contribution is -2.23. The first-order valence-corrected chi connectivity index (χ1v) is 9.09. The van der Waals surface area contributed by atoms with Crippen LogP contribution >= 0.6 is 15.9 Å². The van der Waals surface area contributed by atoms with Crippen molar-refractivity contribution in [1.82, 2.24) is 9.97 Å². The van der Waals surface area contributed by atoms with Crippen molar-refractivity contribution < 1.29 is 4.79 Å². The van der Waals surface area contributed by atoms with E-state index in [1.165, 1.54) is 0 Å². The Morgan fingerprint density at radius 2 is 1.60 bits per heavy atom. The molecule has 0 aliphatic carbocycles. The lowest BCUT2D eigenvalue weighted by molar-refractivity contribution is 0.102. The largest absolute Gasteiger partial charge is 0.354 e. The Kier molecular flexibility index (Phi) is 4.36. The van der Waals surface area contributed by atoms with Gasteiger partial charge in [0.2, 0.25) is 0 Å². The molecule has 4 rings (SSSR count). The molecule has 0 atom stereocenters. The molecule has 1 saturated heterocycles. The van der Waals surface area contributed by atoms with E-state index in [0.29, 0.717) is 11.4 Å². The molecular formula is C19H17BrN4O. The highest BCUT2D eigenvalue weighted by atomic mass is 79.9. The first-order chi connectivity index (χ1) is 12.2. The highest BCUT2D eigenvalue weighted by Crippen LogP contribution is 2.28. The number of carbonyl (C=O) groups excluding carboxylic acids is 1. The molecule has 1 aliphatic rings. The number of halogens is 1. The molecule has 3 aromatic rings. The van der Waals surface area contributed by atoms with Gasteiger partial charge >= 0.3 is 0 Å². The van der Waals surface area contributed by atoms with Crippen molar-refractivity contribution in [2.75, 3.05) is 23.3 Å². The van der Waals surface area contributed by atoms with E-state index >= 15 is 0 Å². The summed E-state index contributed by atoms with van der Waals surface area (Å²) in [6.07, 6.45) is 2.26. The Hall–Kier alpha value is -2.47. The van der Waals surface area contributed by atoms with Crippen molar-refractivity contribution in [3.05, 3.63) is 58.6 Å². The highest BCUT2D eigenvalue weighted by molar-refractivity contribution is 9.10. The van der Waals surface area contributed by atoms with Crippen LogP contribution in [0.5, 0.6) is 0 Å². The van der Waals surface area contributed by atoms with Crippen molar-refractivity contribution in [1.29, 1.82) is 0 Å². The number of fused-ring (bicyclic) bond motifs is 1. The van der Waals surface area contributed by atoms with Crippen LogP contribution in [-0.2, 0) is 0 Å². The molecule has 126 valence electrons. The monoisotopic (exact) mass is 396 g/mol. The molecule has 2 heterocycles. The summed E-state index contributed by atoms with van der Waals surface area (Å²) < 4.78 is 0.754. The quantitative estimate of drug-likeness (QED) is 0.718. The van der Waals surface area contributed by atoms with Crippen molar-refractivity contribution >= 4 is 44.5 Å². The second-order valence-electron chi connectivity index (χ2n) is 6.01. The summed E-state index contributed by atoms with van der Waals surface area (Å²) in [6.45, 7) is 1.87. The normalized spacial score (nSPS) is 14.0. The van der Waals surface area contributed by atoms with E-state index in [0.717, 1.165) is 47.3 Å². The summed E-state index contributed by atoms with van der Waals surface area (Å²) in [7, 11) is 0. The van der Waals surface area contributed by atoms with E-state index in [9.17, 15) is 4.79 Å². The number of anilines is 2. The van der Waals surface area contributed by atoms with Gasteiger partial charge in [0.15, 0.2) is 11.6 Å². The van der Waals surface area contributed by atoms with E-state index in [4.69, 9.17) is 4.98 Å². The Bertz CT molecular complexity index is 938. The maximum Gasteiger partial charge on any atom is 0.258 e. The first-order valence-electron chi connectivity index (χ1n) is 8.30. The number of nitrogens with zero attached hydrogens (tertiary/aromatic N) is 3. The molecule has 1 aromatic heterocycles. The first kappa shape index (κ1) is 16.0. The minimum Gasteiger partial charge on any atom is -0.354 e. The third-order valence-corrected chi connectivity index (χ3v) is 5.00. The number of amides is 1. The molecule has 0 radical (unpaired) electrons. The average molecular weight is 397 g/mol. The van der Waals surface area contributed by atoms with Gasteiger partial charge in [-0.2, -0.15) is 0 Å². The zero-order valence-corrected chi connectivity index (χ0v) is 15.2. The van der Waals surface area contributed by atoms with Crippen molar-refractivity contribution in [2.24, 2.45) is 0 Å². The second kappa shape index (κ2) is 6.80. The zero-order chi connectivity index (χ0) is 17.2. The maximum absolute atomic E-state index is 12.7. The van der Waals surface area contributed by atoms with Gasteiger partial charge in [-0.15, -0.1) is 0 Å². The van der Waals surface area contributed by atoms with Gasteiger partial charge in [0.25, 0.3) is 5.91 Å². The number of aromatic nitrogens is 2.